The molecule has 10 heteroatoms. The lowest BCUT2D eigenvalue weighted by molar-refractivity contribution is 0.500. The number of rotatable bonds is 4. The fourth-order valence-electron chi connectivity index (χ4n) is 3.77. The molecule has 0 aromatic carbocycles. The lowest BCUT2D eigenvalue weighted by Gasteiger charge is -2.29. The number of piperidine rings is 1. The van der Waals surface area contributed by atoms with Gasteiger partial charge in [0.1, 0.15) is 17.5 Å². The predicted octanol–water partition coefficient (Wildman–Crippen LogP) is 2.78. The number of nitriles is 1. The molecular formula is C21H21N9S. The summed E-state index contributed by atoms with van der Waals surface area (Å²) in [7, 11) is 1.88. The van der Waals surface area contributed by atoms with Crippen LogP contribution in [0.1, 0.15) is 18.4 Å². The van der Waals surface area contributed by atoms with E-state index in [0.717, 1.165) is 64.2 Å². The second-order valence-corrected chi connectivity index (χ2v) is 8.44. The Morgan fingerprint density at radius 3 is 2.81 bits per heavy atom. The van der Waals surface area contributed by atoms with Crippen molar-refractivity contribution in [3.05, 3.63) is 42.4 Å². The number of nitrogens with two attached hydrogens (primary N) is 1. The third-order valence-electron chi connectivity index (χ3n) is 5.52. The van der Waals surface area contributed by atoms with Crippen LogP contribution in [0.4, 0.5) is 10.8 Å². The molecule has 31 heavy (non-hydrogen) atoms. The number of nitrogens with one attached hydrogen (secondary N) is 1. The van der Waals surface area contributed by atoms with Gasteiger partial charge < -0.3 is 16.0 Å². The maximum absolute atomic E-state index is 9.09. The van der Waals surface area contributed by atoms with Crippen LogP contribution in [-0.2, 0) is 0 Å². The van der Waals surface area contributed by atoms with E-state index in [9.17, 15) is 0 Å². The Morgan fingerprint density at radius 2 is 2.03 bits per heavy atom. The average Bonchev–Trinajstić information content (AvgIpc) is 3.46. The molecule has 0 amide bonds. The Bertz CT molecular complexity index is 1280. The maximum Gasteiger partial charge on any atom is 0.208 e. The van der Waals surface area contributed by atoms with Crippen LogP contribution in [0.5, 0.6) is 0 Å². The van der Waals surface area contributed by atoms with Crippen molar-refractivity contribution in [2.24, 2.45) is 5.73 Å². The third kappa shape index (κ3) is 3.58. The zero-order valence-corrected chi connectivity index (χ0v) is 17.8. The lowest BCUT2D eigenvalue weighted by Crippen LogP contribution is -2.39. The van der Waals surface area contributed by atoms with Crippen molar-refractivity contribution in [3.8, 4) is 22.5 Å². The van der Waals surface area contributed by atoms with E-state index in [-0.39, 0.29) is 6.04 Å². The number of anilines is 2. The minimum atomic E-state index is 0.280. The van der Waals surface area contributed by atoms with Crippen LogP contribution >= 0.6 is 11.3 Å². The maximum atomic E-state index is 9.09. The molecule has 4 aromatic rings. The minimum Gasteiger partial charge on any atom is -0.387 e. The summed E-state index contributed by atoms with van der Waals surface area (Å²) in [6, 6.07) is 8.12. The highest BCUT2D eigenvalue weighted by molar-refractivity contribution is 7.18. The van der Waals surface area contributed by atoms with Gasteiger partial charge in [-0.15, -0.1) is 10.2 Å². The topological polar surface area (TPSA) is 122 Å². The molecular weight excluding hydrogens is 410 g/mol. The Hall–Kier alpha value is -3.55. The van der Waals surface area contributed by atoms with Crippen molar-refractivity contribution in [1.82, 2.24) is 24.7 Å². The molecule has 0 unspecified atom stereocenters. The summed E-state index contributed by atoms with van der Waals surface area (Å²) in [5, 5.41) is 23.8. The van der Waals surface area contributed by atoms with E-state index in [1.165, 1.54) is 0 Å². The van der Waals surface area contributed by atoms with Crippen LogP contribution in [0, 0.1) is 11.3 Å². The van der Waals surface area contributed by atoms with E-state index >= 15 is 0 Å². The van der Waals surface area contributed by atoms with Gasteiger partial charge in [-0.1, -0.05) is 11.3 Å². The first-order valence-electron chi connectivity index (χ1n) is 10.1. The molecule has 0 radical (unpaired) electrons. The second-order valence-electron chi connectivity index (χ2n) is 7.49. The summed E-state index contributed by atoms with van der Waals surface area (Å²) in [4.78, 5) is 11.3. The van der Waals surface area contributed by atoms with Crippen LogP contribution in [-0.4, -0.2) is 50.9 Å². The summed E-state index contributed by atoms with van der Waals surface area (Å²) in [5.74, 6) is 0.732. The van der Waals surface area contributed by atoms with E-state index in [2.05, 4.69) is 36.5 Å². The van der Waals surface area contributed by atoms with Gasteiger partial charge >= 0.3 is 0 Å². The quantitative estimate of drug-likeness (QED) is 0.506. The molecule has 5 rings (SSSR count). The lowest BCUT2D eigenvalue weighted by atomic mass is 10.1. The number of hydrogen-bond donors (Lipinski definition) is 2. The van der Waals surface area contributed by atoms with Crippen LogP contribution in [0.25, 0.3) is 27.4 Å². The summed E-state index contributed by atoms with van der Waals surface area (Å²) in [5.41, 5.74) is 9.11. The molecule has 1 aliphatic rings. The number of hydrogen-bond acceptors (Lipinski definition) is 9. The molecule has 1 saturated heterocycles. The van der Waals surface area contributed by atoms with Gasteiger partial charge in [0.15, 0.2) is 5.01 Å². The van der Waals surface area contributed by atoms with Crippen LogP contribution in [0.15, 0.2) is 36.8 Å². The zero-order valence-electron chi connectivity index (χ0n) is 17.0. The third-order valence-corrected chi connectivity index (χ3v) is 6.53. The number of pyridine rings is 2. The highest BCUT2D eigenvalue weighted by Crippen LogP contribution is 2.35. The van der Waals surface area contributed by atoms with Gasteiger partial charge in [0, 0.05) is 61.9 Å². The Balaban J connectivity index is 1.47. The molecule has 5 heterocycles. The van der Waals surface area contributed by atoms with Gasteiger partial charge in [0.25, 0.3) is 0 Å². The highest BCUT2D eigenvalue weighted by Gasteiger charge is 2.21. The van der Waals surface area contributed by atoms with Gasteiger partial charge in [-0.3, -0.25) is 4.57 Å². The molecule has 3 N–H and O–H groups in total. The largest absolute Gasteiger partial charge is 0.387 e. The molecule has 0 aliphatic carbocycles. The number of fused-ring (bicyclic) bond motifs is 1. The molecule has 156 valence electrons. The number of aromatic nitrogens is 5. The van der Waals surface area contributed by atoms with Gasteiger partial charge in [0.05, 0.1) is 11.1 Å². The van der Waals surface area contributed by atoms with Gasteiger partial charge in [-0.2, -0.15) is 5.26 Å². The van der Waals surface area contributed by atoms with Crippen LogP contribution in [0.2, 0.25) is 0 Å². The first-order chi connectivity index (χ1) is 15.2. The Morgan fingerprint density at radius 1 is 1.19 bits per heavy atom. The van der Waals surface area contributed by atoms with E-state index in [0.29, 0.717) is 5.56 Å². The van der Waals surface area contributed by atoms with E-state index in [4.69, 9.17) is 11.0 Å². The van der Waals surface area contributed by atoms with E-state index < -0.39 is 0 Å². The summed E-state index contributed by atoms with van der Waals surface area (Å²) in [6.07, 6.45) is 7.24. The Kier molecular flexibility index (Phi) is 4.97. The second kappa shape index (κ2) is 7.94. The van der Waals surface area contributed by atoms with Gasteiger partial charge in [0.2, 0.25) is 5.13 Å². The molecule has 9 nitrogen and oxygen atoms in total. The first kappa shape index (κ1) is 19.4. The summed E-state index contributed by atoms with van der Waals surface area (Å²) >= 11 is 1.57. The van der Waals surface area contributed by atoms with Crippen molar-refractivity contribution in [3.63, 3.8) is 0 Å². The number of nitrogens with zero attached hydrogens (tertiary/aromatic N) is 7. The zero-order chi connectivity index (χ0) is 21.4. The molecule has 0 bridgehead atoms. The minimum absolute atomic E-state index is 0.280. The summed E-state index contributed by atoms with van der Waals surface area (Å²) in [6.45, 7) is 1.82. The van der Waals surface area contributed by atoms with E-state index in [1.807, 2.05) is 42.2 Å². The smallest absolute Gasteiger partial charge is 0.208 e. The van der Waals surface area contributed by atoms with Crippen LogP contribution < -0.4 is 16.0 Å². The van der Waals surface area contributed by atoms with E-state index in [1.54, 1.807) is 17.5 Å². The highest BCUT2D eigenvalue weighted by atomic mass is 32.1. The predicted molar refractivity (Wildman–Crippen MR) is 121 cm³/mol. The van der Waals surface area contributed by atoms with Crippen molar-refractivity contribution in [2.75, 3.05) is 30.4 Å². The molecule has 1 fully saturated rings. The Labute approximate surface area is 183 Å². The summed E-state index contributed by atoms with van der Waals surface area (Å²) < 4.78 is 1.91. The van der Waals surface area contributed by atoms with Crippen molar-refractivity contribution in [2.45, 2.75) is 18.9 Å². The molecule has 4 aromatic heterocycles. The van der Waals surface area contributed by atoms with Crippen LogP contribution in [0.3, 0.4) is 0 Å². The normalized spacial score (nSPS) is 14.7. The monoisotopic (exact) mass is 431 g/mol. The SMILES string of the molecule is CNc1cc(-n2ccc3cc(C#N)cnc32)ncc1-c1nnc(N2CCC(N)CC2)s1. The standard InChI is InChI=1S/C21H21N9S/c1-24-17-9-18(30-7-2-14-8-13(10-22)11-26-19(14)30)25-12-16(17)20-27-28-21(31-20)29-5-3-15(23)4-6-29/h2,7-9,11-12,15H,3-6,23H2,1H3,(H,24,25). The fourth-order valence-corrected chi connectivity index (χ4v) is 4.69. The van der Waals surface area contributed by atoms with Crippen molar-refractivity contribution >= 4 is 33.2 Å². The fraction of sp³-hybridized carbons (Fsp3) is 0.286. The van der Waals surface area contributed by atoms with Crippen molar-refractivity contribution < 1.29 is 0 Å². The molecule has 0 atom stereocenters. The molecule has 1 aliphatic heterocycles. The van der Waals surface area contributed by atoms with Crippen molar-refractivity contribution in [1.29, 1.82) is 5.26 Å². The van der Waals surface area contributed by atoms with Gasteiger partial charge in [-0.05, 0) is 25.0 Å². The van der Waals surface area contributed by atoms with Gasteiger partial charge in [-0.25, -0.2) is 9.97 Å². The average molecular weight is 432 g/mol. The first-order valence-corrected chi connectivity index (χ1v) is 10.9. The molecule has 0 saturated carbocycles. The molecule has 0 spiro atoms.